The van der Waals surface area contributed by atoms with Crippen LogP contribution in [0.25, 0.3) is 0 Å². The summed E-state index contributed by atoms with van der Waals surface area (Å²) in [5, 5.41) is 2.73. The lowest BCUT2D eigenvalue weighted by atomic mass is 9.61. The predicted molar refractivity (Wildman–Crippen MR) is 205 cm³/mol. The zero-order valence-electron chi connectivity index (χ0n) is 31.9. The van der Waals surface area contributed by atoms with E-state index in [4.69, 9.17) is 25.5 Å². The highest BCUT2D eigenvalue weighted by atomic mass is 35.5. The molecule has 10 nitrogen and oxygen atoms in total. The Morgan fingerprint density at radius 1 is 0.904 bits per heavy atom. The number of amides is 1. The fourth-order valence-corrected chi connectivity index (χ4v) is 14.7. The summed E-state index contributed by atoms with van der Waals surface area (Å²) in [7, 11) is -2.62. The van der Waals surface area contributed by atoms with Crippen molar-refractivity contribution >= 4 is 37.8 Å². The van der Waals surface area contributed by atoms with E-state index in [9.17, 15) is 14.4 Å². The number of Topliss-reactive ketones (excluding diaryl/α,β-unsaturated/α-hetero) is 1. The second kappa shape index (κ2) is 15.4. The first-order chi connectivity index (χ1) is 24.5. The molecule has 1 fully saturated rings. The first kappa shape index (κ1) is 39.5. The molecule has 2 aromatic carbocycles. The van der Waals surface area contributed by atoms with E-state index in [1.54, 1.807) is 25.3 Å². The van der Waals surface area contributed by atoms with Crippen molar-refractivity contribution in [2.24, 2.45) is 11.3 Å². The molecule has 1 aromatic heterocycles. The van der Waals surface area contributed by atoms with Crippen molar-refractivity contribution < 1.29 is 28.3 Å². The molecule has 2 aliphatic rings. The first-order valence-corrected chi connectivity index (χ1v) is 21.0. The third-order valence-corrected chi connectivity index (χ3v) is 17.3. The number of cyclic esters (lactones) is 1. The van der Waals surface area contributed by atoms with Crippen LogP contribution in [0, 0.1) is 11.3 Å². The molecular weight excluding hydrogens is 698 g/mol. The number of ketones is 1. The molecule has 12 heteroatoms. The molecule has 3 aromatic rings. The van der Waals surface area contributed by atoms with Gasteiger partial charge in [0.1, 0.15) is 11.3 Å². The van der Waals surface area contributed by atoms with Gasteiger partial charge < -0.3 is 19.2 Å². The maximum Gasteiger partial charge on any atom is 0.407 e. The quantitative estimate of drug-likeness (QED) is 0.0832. The van der Waals surface area contributed by atoms with Crippen LogP contribution in [0.4, 0.5) is 4.79 Å². The molecule has 2 heterocycles. The molecule has 1 aliphatic heterocycles. The Morgan fingerprint density at radius 2 is 1.42 bits per heavy atom. The van der Waals surface area contributed by atoms with Gasteiger partial charge in [0.2, 0.25) is 14.1 Å². The fraction of sp³-hybridized carbons (Fsp3) is 0.550. The summed E-state index contributed by atoms with van der Waals surface area (Å²) in [4.78, 5) is 57.4. The Morgan fingerprint density at radius 3 is 1.90 bits per heavy atom. The molecule has 0 spiro atoms. The number of aromatic nitrogens is 2. The Hall–Kier alpha value is -3.67. The van der Waals surface area contributed by atoms with Crippen molar-refractivity contribution in [2.45, 2.75) is 110 Å². The maximum atomic E-state index is 15.3. The number of imidazole rings is 1. The number of alkyl halides is 1. The van der Waals surface area contributed by atoms with Crippen LogP contribution in [0.5, 0.6) is 0 Å². The van der Waals surface area contributed by atoms with Gasteiger partial charge in [-0.2, -0.15) is 0 Å². The lowest BCUT2D eigenvalue weighted by molar-refractivity contribution is -0.144. The van der Waals surface area contributed by atoms with Gasteiger partial charge in [0.15, 0.2) is 5.41 Å². The van der Waals surface area contributed by atoms with Gasteiger partial charge in [-0.05, 0) is 48.5 Å². The summed E-state index contributed by atoms with van der Waals surface area (Å²) in [5.41, 5.74) is -0.164. The summed E-state index contributed by atoms with van der Waals surface area (Å²) in [6, 6.07) is 19.0. The number of fused-ring (bicyclic) bond motifs is 2. The zero-order chi connectivity index (χ0) is 38.2. The lowest BCUT2D eigenvalue weighted by Crippen LogP contribution is -2.59. The van der Waals surface area contributed by atoms with Gasteiger partial charge in [-0.15, -0.1) is 11.6 Å². The maximum absolute atomic E-state index is 15.3. The SMILES string of the molecule is CC(C)[Si](O[C@@H](CCl)[C@H]1c2c(n(Cc3ccccc3)c(=O)n2Cc2ccccc2)C(=O)[C@]2(CNC(=O)OC(C)(C)C)C(=O)OC[C@H]12)(C(C)C)C(C)C. The average molecular weight is 752 g/mol. The predicted octanol–water partition coefficient (Wildman–Crippen LogP) is 7.51. The molecule has 282 valence electrons. The van der Waals surface area contributed by atoms with Crippen LogP contribution in [0.15, 0.2) is 65.5 Å². The van der Waals surface area contributed by atoms with Crippen molar-refractivity contribution in [2.75, 3.05) is 19.0 Å². The molecular formula is C40H54ClN3O7Si. The zero-order valence-corrected chi connectivity index (χ0v) is 33.7. The number of nitrogens with one attached hydrogen (secondary N) is 1. The minimum absolute atomic E-state index is 0.0445. The summed E-state index contributed by atoms with van der Waals surface area (Å²) >= 11 is 6.99. The van der Waals surface area contributed by atoms with Crippen molar-refractivity contribution in [1.29, 1.82) is 0 Å². The number of rotatable bonds is 13. The molecule has 1 N–H and O–H groups in total. The fourth-order valence-electron chi connectivity index (χ4n) is 8.80. The van der Waals surface area contributed by atoms with Crippen LogP contribution in [0.3, 0.4) is 0 Å². The summed E-state index contributed by atoms with van der Waals surface area (Å²) in [6.07, 6.45) is -1.46. The Bertz CT molecular complexity index is 1790. The summed E-state index contributed by atoms with van der Waals surface area (Å²) < 4.78 is 21.9. The topological polar surface area (TPSA) is 118 Å². The third kappa shape index (κ3) is 7.16. The van der Waals surface area contributed by atoms with E-state index in [1.807, 2.05) is 60.7 Å². The van der Waals surface area contributed by atoms with Gasteiger partial charge in [0, 0.05) is 24.3 Å². The monoisotopic (exact) mass is 751 g/mol. The number of carbonyl (C=O) groups is 3. The number of hydrogen-bond acceptors (Lipinski definition) is 7. The number of halogens is 1. The largest absolute Gasteiger partial charge is 0.464 e. The average Bonchev–Trinajstić information content (AvgIpc) is 3.55. The number of ether oxygens (including phenoxy) is 2. The van der Waals surface area contributed by atoms with Crippen molar-refractivity contribution in [3.63, 3.8) is 0 Å². The Kier molecular flexibility index (Phi) is 11.7. The van der Waals surface area contributed by atoms with Gasteiger partial charge in [-0.3, -0.25) is 18.7 Å². The van der Waals surface area contributed by atoms with E-state index < -0.39 is 55.1 Å². The smallest absolute Gasteiger partial charge is 0.407 e. The van der Waals surface area contributed by atoms with E-state index in [0.717, 1.165) is 11.1 Å². The Balaban J connectivity index is 1.80. The third-order valence-electron chi connectivity index (χ3n) is 10.9. The standard InChI is InChI=1S/C40H54ClN3O7Si/c1-25(2)52(26(3)4,27(5)6)51-31(20-41)32-30-23-49-36(46)40(30,24-42-37(47)50-39(7,8)9)35(45)34-33(32)43(21-28-16-12-10-13-17-28)38(48)44(34)22-29-18-14-11-15-19-29/h10-19,25-27,30-32H,20-24H2,1-9H3,(H,42,47)/t30-,31+,32+,40-/m1/s1. The molecule has 0 saturated carbocycles. The van der Waals surface area contributed by atoms with Crippen LogP contribution < -0.4 is 11.0 Å². The molecule has 0 bridgehead atoms. The minimum Gasteiger partial charge on any atom is -0.464 e. The van der Waals surface area contributed by atoms with Crippen LogP contribution in [0.2, 0.25) is 16.6 Å². The van der Waals surface area contributed by atoms with Gasteiger partial charge in [0.25, 0.3) is 0 Å². The first-order valence-electron chi connectivity index (χ1n) is 18.3. The normalized spacial score (nSPS) is 20.9. The van der Waals surface area contributed by atoms with Crippen molar-refractivity contribution in [3.8, 4) is 0 Å². The van der Waals surface area contributed by atoms with Gasteiger partial charge >= 0.3 is 17.8 Å². The molecule has 1 saturated heterocycles. The van der Waals surface area contributed by atoms with Crippen LogP contribution in [-0.4, -0.2) is 66.0 Å². The second-order valence-corrected chi connectivity index (χ2v) is 21.9. The van der Waals surface area contributed by atoms with Crippen molar-refractivity contribution in [3.05, 3.63) is 93.7 Å². The van der Waals surface area contributed by atoms with E-state index in [0.29, 0.717) is 5.69 Å². The number of benzene rings is 2. The molecule has 0 radical (unpaired) electrons. The minimum atomic E-state index is -2.62. The number of nitrogens with zero attached hydrogens (tertiary/aromatic N) is 2. The second-order valence-electron chi connectivity index (χ2n) is 16.2. The van der Waals surface area contributed by atoms with Gasteiger partial charge in [-0.1, -0.05) is 102 Å². The molecule has 0 unspecified atom stereocenters. The number of hydrogen-bond donors (Lipinski definition) is 1. The molecule has 52 heavy (non-hydrogen) atoms. The molecule has 1 aliphatic carbocycles. The molecule has 4 atom stereocenters. The highest BCUT2D eigenvalue weighted by Gasteiger charge is 2.67. The van der Waals surface area contributed by atoms with E-state index >= 15 is 4.79 Å². The van der Waals surface area contributed by atoms with E-state index in [2.05, 4.69) is 46.9 Å². The highest BCUT2D eigenvalue weighted by Crippen LogP contribution is 2.55. The summed E-state index contributed by atoms with van der Waals surface area (Å²) in [5.74, 6) is -2.80. The van der Waals surface area contributed by atoms with Gasteiger partial charge in [0.05, 0.1) is 31.5 Å². The highest BCUT2D eigenvalue weighted by molar-refractivity contribution is 6.77. The number of esters is 1. The van der Waals surface area contributed by atoms with Crippen LogP contribution in [-0.2, 0) is 31.8 Å². The van der Waals surface area contributed by atoms with E-state index in [1.165, 1.54) is 4.57 Å². The number of alkyl carbamates (subject to hydrolysis) is 1. The molecule has 1 amide bonds. The number of carbonyl (C=O) groups excluding carboxylic acids is 3. The molecule has 5 rings (SSSR count). The van der Waals surface area contributed by atoms with E-state index in [-0.39, 0.29) is 60.1 Å². The summed E-state index contributed by atoms with van der Waals surface area (Å²) in [6.45, 7) is 18.1. The van der Waals surface area contributed by atoms with Crippen LogP contribution in [0.1, 0.15) is 95.5 Å². The van der Waals surface area contributed by atoms with Gasteiger partial charge in [-0.25, -0.2) is 9.59 Å². The Labute approximate surface area is 313 Å². The van der Waals surface area contributed by atoms with Crippen LogP contribution >= 0.6 is 11.6 Å². The van der Waals surface area contributed by atoms with Crippen molar-refractivity contribution in [1.82, 2.24) is 14.5 Å². The lowest BCUT2D eigenvalue weighted by Gasteiger charge is -2.48.